The summed E-state index contributed by atoms with van der Waals surface area (Å²) in [5.74, 6) is 0.606. The molecule has 0 aromatic heterocycles. The van der Waals surface area contributed by atoms with E-state index in [4.69, 9.17) is 9.47 Å². The Bertz CT molecular complexity index is 550. The maximum Gasteiger partial charge on any atom is 0.240 e. The number of nitrogens with one attached hydrogen (secondary N) is 1. The molecule has 2 amide bonds. The van der Waals surface area contributed by atoms with Crippen LogP contribution >= 0.6 is 0 Å². The van der Waals surface area contributed by atoms with E-state index >= 15 is 0 Å². The molecule has 6 nitrogen and oxygen atoms in total. The lowest BCUT2D eigenvalue weighted by Crippen LogP contribution is -2.47. The van der Waals surface area contributed by atoms with E-state index in [9.17, 15) is 9.59 Å². The van der Waals surface area contributed by atoms with E-state index in [-0.39, 0.29) is 23.9 Å². The monoisotopic (exact) mass is 308 g/mol. The molecule has 6 heteroatoms. The van der Waals surface area contributed by atoms with Crippen LogP contribution in [0, 0.1) is 0 Å². The lowest BCUT2D eigenvalue weighted by atomic mass is 10.1. The molecule has 0 spiro atoms. The number of rotatable bonds is 5. The topological polar surface area (TPSA) is 67.9 Å². The van der Waals surface area contributed by atoms with E-state index < -0.39 is 0 Å². The minimum absolute atomic E-state index is 0.0741. The second-order valence-corrected chi connectivity index (χ2v) is 5.94. The number of hydrogen-bond acceptors (Lipinski definition) is 4. The van der Waals surface area contributed by atoms with Gasteiger partial charge in [-0.3, -0.25) is 14.5 Å². The highest BCUT2D eigenvalue weighted by Crippen LogP contribution is 2.32. The van der Waals surface area contributed by atoms with E-state index in [1.807, 2.05) is 20.8 Å². The number of nitrogens with zero attached hydrogens (tertiary/aromatic N) is 1. The molecule has 0 bridgehead atoms. The SMILES string of the molecule is COc1ccc(N(CC(=O)NC(C)(C)C)C(C)=O)c(OC)c1. The van der Waals surface area contributed by atoms with E-state index in [1.165, 1.54) is 18.9 Å². The predicted molar refractivity (Wildman–Crippen MR) is 85.5 cm³/mol. The molecule has 1 N–H and O–H groups in total. The summed E-state index contributed by atoms with van der Waals surface area (Å²) in [6, 6.07) is 5.09. The zero-order valence-corrected chi connectivity index (χ0v) is 14.0. The Hall–Kier alpha value is -2.24. The van der Waals surface area contributed by atoms with Crippen LogP contribution in [0.1, 0.15) is 27.7 Å². The Balaban J connectivity index is 3.06. The van der Waals surface area contributed by atoms with Crippen LogP contribution in [0.2, 0.25) is 0 Å². The minimum atomic E-state index is -0.358. The van der Waals surface area contributed by atoms with Crippen molar-refractivity contribution < 1.29 is 19.1 Å². The molecule has 0 heterocycles. The van der Waals surface area contributed by atoms with Gasteiger partial charge in [-0.2, -0.15) is 0 Å². The standard InChI is InChI=1S/C16H24N2O4/c1-11(19)18(10-15(20)17-16(2,3)4)13-8-7-12(21-5)9-14(13)22-6/h7-9H,10H2,1-6H3,(H,17,20). The second kappa shape index (κ2) is 7.15. The van der Waals surface area contributed by atoms with Crippen molar-refractivity contribution in [2.24, 2.45) is 0 Å². The van der Waals surface area contributed by atoms with Gasteiger partial charge in [0.15, 0.2) is 0 Å². The molecule has 0 aliphatic heterocycles. The molecule has 0 radical (unpaired) electrons. The zero-order valence-electron chi connectivity index (χ0n) is 14.0. The minimum Gasteiger partial charge on any atom is -0.497 e. The number of carbonyl (C=O) groups is 2. The molecule has 22 heavy (non-hydrogen) atoms. The number of benzene rings is 1. The quantitative estimate of drug-likeness (QED) is 0.903. The van der Waals surface area contributed by atoms with E-state index in [1.54, 1.807) is 25.3 Å². The van der Waals surface area contributed by atoms with Crippen LogP contribution in [0.5, 0.6) is 11.5 Å². The van der Waals surface area contributed by atoms with Crippen LogP contribution in [0.3, 0.4) is 0 Å². The Morgan fingerprint density at radius 2 is 1.82 bits per heavy atom. The van der Waals surface area contributed by atoms with Crippen LogP contribution in [0.4, 0.5) is 5.69 Å². The van der Waals surface area contributed by atoms with Crippen LogP contribution in [-0.4, -0.2) is 38.1 Å². The molecule has 1 aromatic rings. The van der Waals surface area contributed by atoms with Gasteiger partial charge in [0.25, 0.3) is 0 Å². The number of anilines is 1. The summed E-state index contributed by atoms with van der Waals surface area (Å²) in [5.41, 5.74) is 0.170. The van der Waals surface area contributed by atoms with Crippen molar-refractivity contribution in [2.75, 3.05) is 25.7 Å². The van der Waals surface area contributed by atoms with Crippen LogP contribution in [0.25, 0.3) is 0 Å². The van der Waals surface area contributed by atoms with Gasteiger partial charge in [0.1, 0.15) is 18.0 Å². The summed E-state index contributed by atoms with van der Waals surface area (Å²) in [7, 11) is 3.06. The summed E-state index contributed by atoms with van der Waals surface area (Å²) in [6.07, 6.45) is 0. The summed E-state index contributed by atoms with van der Waals surface area (Å²) >= 11 is 0. The summed E-state index contributed by atoms with van der Waals surface area (Å²) in [6.45, 7) is 6.99. The zero-order chi connectivity index (χ0) is 16.9. The summed E-state index contributed by atoms with van der Waals surface area (Å²) < 4.78 is 10.4. The van der Waals surface area contributed by atoms with Gasteiger partial charge in [0, 0.05) is 18.5 Å². The van der Waals surface area contributed by atoms with E-state index in [0.29, 0.717) is 17.2 Å². The lowest BCUT2D eigenvalue weighted by Gasteiger charge is -2.26. The Kier molecular flexibility index (Phi) is 5.79. The smallest absolute Gasteiger partial charge is 0.240 e. The molecule has 0 aliphatic rings. The van der Waals surface area contributed by atoms with Gasteiger partial charge in [0.2, 0.25) is 11.8 Å². The molecule has 0 saturated carbocycles. The fraction of sp³-hybridized carbons (Fsp3) is 0.500. The van der Waals surface area contributed by atoms with Crippen molar-refractivity contribution in [1.29, 1.82) is 0 Å². The van der Waals surface area contributed by atoms with Crippen molar-refractivity contribution in [3.8, 4) is 11.5 Å². The fourth-order valence-corrected chi connectivity index (χ4v) is 1.98. The predicted octanol–water partition coefficient (Wildman–Crippen LogP) is 1.97. The lowest BCUT2D eigenvalue weighted by molar-refractivity contribution is -0.124. The maximum absolute atomic E-state index is 12.1. The van der Waals surface area contributed by atoms with Crippen LogP contribution in [0.15, 0.2) is 18.2 Å². The van der Waals surface area contributed by atoms with Crippen molar-refractivity contribution in [3.63, 3.8) is 0 Å². The largest absolute Gasteiger partial charge is 0.497 e. The van der Waals surface area contributed by atoms with Crippen LogP contribution < -0.4 is 19.7 Å². The number of ether oxygens (including phenoxy) is 2. The van der Waals surface area contributed by atoms with E-state index in [0.717, 1.165) is 0 Å². The number of carbonyl (C=O) groups excluding carboxylic acids is 2. The third-order valence-electron chi connectivity index (χ3n) is 2.87. The molecule has 0 fully saturated rings. The number of hydrogen-bond donors (Lipinski definition) is 1. The third kappa shape index (κ3) is 4.95. The Labute approximate surface area is 131 Å². The van der Waals surface area contributed by atoms with Gasteiger partial charge in [0.05, 0.1) is 19.9 Å². The van der Waals surface area contributed by atoms with E-state index in [2.05, 4.69) is 5.32 Å². The third-order valence-corrected chi connectivity index (χ3v) is 2.87. The molecule has 0 atom stereocenters. The molecule has 0 saturated heterocycles. The van der Waals surface area contributed by atoms with Crippen molar-refractivity contribution >= 4 is 17.5 Å². The highest BCUT2D eigenvalue weighted by atomic mass is 16.5. The second-order valence-electron chi connectivity index (χ2n) is 5.94. The maximum atomic E-state index is 12.1. The van der Waals surface area contributed by atoms with Gasteiger partial charge in [-0.25, -0.2) is 0 Å². The highest BCUT2D eigenvalue weighted by Gasteiger charge is 2.22. The molecule has 1 rings (SSSR count). The van der Waals surface area contributed by atoms with Crippen molar-refractivity contribution in [3.05, 3.63) is 18.2 Å². The van der Waals surface area contributed by atoms with Crippen molar-refractivity contribution in [2.45, 2.75) is 33.2 Å². The first-order valence-electron chi connectivity index (χ1n) is 6.99. The van der Waals surface area contributed by atoms with Gasteiger partial charge in [-0.15, -0.1) is 0 Å². The molecule has 0 aliphatic carbocycles. The number of methoxy groups -OCH3 is 2. The first-order valence-corrected chi connectivity index (χ1v) is 6.99. The normalized spacial score (nSPS) is 10.8. The average Bonchev–Trinajstić information content (AvgIpc) is 2.42. The molecule has 1 aromatic carbocycles. The Morgan fingerprint density at radius 1 is 1.18 bits per heavy atom. The first kappa shape index (κ1) is 17.8. The summed E-state index contributed by atoms with van der Waals surface area (Å²) in [5, 5.41) is 2.84. The molecule has 0 unspecified atom stereocenters. The van der Waals surface area contributed by atoms with Crippen LogP contribution in [-0.2, 0) is 9.59 Å². The highest BCUT2D eigenvalue weighted by molar-refractivity contribution is 5.98. The van der Waals surface area contributed by atoms with Gasteiger partial charge in [-0.1, -0.05) is 0 Å². The Morgan fingerprint density at radius 3 is 2.27 bits per heavy atom. The molecular formula is C16H24N2O4. The fourth-order valence-electron chi connectivity index (χ4n) is 1.98. The summed E-state index contributed by atoms with van der Waals surface area (Å²) in [4.78, 5) is 25.4. The van der Waals surface area contributed by atoms with Gasteiger partial charge < -0.3 is 14.8 Å². The first-order chi connectivity index (χ1) is 10.2. The number of amides is 2. The average molecular weight is 308 g/mol. The molecule has 122 valence electrons. The van der Waals surface area contributed by atoms with Crippen molar-refractivity contribution in [1.82, 2.24) is 5.32 Å². The molecular weight excluding hydrogens is 284 g/mol. The van der Waals surface area contributed by atoms with Gasteiger partial charge in [-0.05, 0) is 32.9 Å². The van der Waals surface area contributed by atoms with Gasteiger partial charge >= 0.3 is 0 Å².